The van der Waals surface area contributed by atoms with E-state index in [0.29, 0.717) is 48.0 Å². The Morgan fingerprint density at radius 1 is 1.09 bits per heavy atom. The zero-order chi connectivity index (χ0) is 32.5. The third-order valence-corrected chi connectivity index (χ3v) is 11.5. The molecule has 1 aromatic carbocycles. The fourth-order valence-corrected chi connectivity index (χ4v) is 8.71. The fourth-order valence-electron chi connectivity index (χ4n) is 8.71. The van der Waals surface area contributed by atoms with Crippen molar-refractivity contribution >= 4 is 24.8 Å². The molecule has 5 fully saturated rings. The van der Waals surface area contributed by atoms with Crippen molar-refractivity contribution in [2.45, 2.75) is 95.8 Å². The van der Waals surface area contributed by atoms with E-state index in [0.717, 1.165) is 57.4 Å². The molecule has 7 rings (SSSR count). The number of rotatable bonds is 13. The number of benzene rings is 1. The highest BCUT2D eigenvalue weighted by atomic mass is 16.7. The number of aromatic nitrogens is 1. The van der Waals surface area contributed by atoms with Gasteiger partial charge in [0, 0.05) is 31.7 Å². The molecule has 1 saturated heterocycles. The number of ether oxygens (including phenoxy) is 1. The van der Waals surface area contributed by atoms with Gasteiger partial charge in [-0.15, -0.1) is 0 Å². The molecule has 5 aliphatic rings. The average molecular weight is 633 g/mol. The van der Waals surface area contributed by atoms with E-state index in [2.05, 4.69) is 41.7 Å². The van der Waals surface area contributed by atoms with Crippen molar-refractivity contribution < 1.29 is 28.7 Å². The minimum Gasteiger partial charge on any atom is -0.496 e. The summed E-state index contributed by atoms with van der Waals surface area (Å²) in [6.07, 6.45) is 8.69. The maximum atomic E-state index is 13.6. The Hall–Kier alpha value is -3.15. The SMILES string of the molecule is COc1c(C[C@H](NC(=O)C[C@H]2CC[C@H](NCCNc3ccccn3)CC2)B2OC3CC4CC(C4(C)C)C3(C)O2)cccc1C(=O)O. The summed E-state index contributed by atoms with van der Waals surface area (Å²) in [5, 5.41) is 20.0. The van der Waals surface area contributed by atoms with Crippen molar-refractivity contribution in [3.05, 3.63) is 53.7 Å². The molecule has 2 aromatic rings. The number of carboxylic acid groups (broad SMARTS) is 1. The molecular formula is C35H49BN4O6. The quantitative estimate of drug-likeness (QED) is 0.183. The van der Waals surface area contributed by atoms with Crippen molar-refractivity contribution in [3.63, 3.8) is 0 Å². The molecule has 248 valence electrons. The van der Waals surface area contributed by atoms with Crippen LogP contribution in [0.2, 0.25) is 0 Å². The Morgan fingerprint density at radius 3 is 2.59 bits per heavy atom. The van der Waals surface area contributed by atoms with Crippen molar-refractivity contribution in [3.8, 4) is 5.75 Å². The normalized spacial score (nSPS) is 30.1. The Kier molecular flexibility index (Phi) is 9.64. The number of anilines is 1. The summed E-state index contributed by atoms with van der Waals surface area (Å²) < 4.78 is 19.0. The summed E-state index contributed by atoms with van der Waals surface area (Å²) in [6, 6.07) is 11.4. The summed E-state index contributed by atoms with van der Waals surface area (Å²) in [5.41, 5.74) is 0.579. The third kappa shape index (κ3) is 6.64. The van der Waals surface area contributed by atoms with Gasteiger partial charge >= 0.3 is 13.1 Å². The van der Waals surface area contributed by atoms with Crippen LogP contribution in [0.4, 0.5) is 5.82 Å². The van der Waals surface area contributed by atoms with E-state index in [4.69, 9.17) is 14.0 Å². The van der Waals surface area contributed by atoms with Gasteiger partial charge in [-0.3, -0.25) is 4.79 Å². The number of nitrogens with one attached hydrogen (secondary N) is 3. The summed E-state index contributed by atoms with van der Waals surface area (Å²) in [6.45, 7) is 8.50. The predicted octanol–water partition coefficient (Wildman–Crippen LogP) is 4.73. The molecule has 0 radical (unpaired) electrons. The van der Waals surface area contributed by atoms with Gasteiger partial charge in [-0.25, -0.2) is 9.78 Å². The fraction of sp³-hybridized carbons (Fsp3) is 0.629. The summed E-state index contributed by atoms with van der Waals surface area (Å²) >= 11 is 0. The molecule has 10 nitrogen and oxygen atoms in total. The maximum absolute atomic E-state index is 13.6. The molecule has 1 amide bonds. The van der Waals surface area contributed by atoms with Gasteiger partial charge in [-0.05, 0) is 98.8 Å². The first kappa shape index (κ1) is 32.8. The van der Waals surface area contributed by atoms with Gasteiger partial charge in [-0.2, -0.15) is 0 Å². The zero-order valence-corrected chi connectivity index (χ0v) is 27.6. The molecule has 1 aliphatic heterocycles. The first-order chi connectivity index (χ1) is 22.1. The lowest BCUT2D eigenvalue weighted by Gasteiger charge is -2.64. The smallest absolute Gasteiger partial charge is 0.482 e. The maximum Gasteiger partial charge on any atom is 0.482 e. The largest absolute Gasteiger partial charge is 0.496 e. The van der Waals surface area contributed by atoms with Crippen LogP contribution >= 0.6 is 0 Å². The second-order valence-corrected chi connectivity index (χ2v) is 14.5. The van der Waals surface area contributed by atoms with Crippen LogP contribution in [-0.2, 0) is 20.5 Å². The highest BCUT2D eigenvalue weighted by molar-refractivity contribution is 6.48. The van der Waals surface area contributed by atoms with E-state index in [-0.39, 0.29) is 23.0 Å². The van der Waals surface area contributed by atoms with E-state index in [1.54, 1.807) is 12.3 Å². The molecule has 4 unspecified atom stereocenters. The topological polar surface area (TPSA) is 131 Å². The molecule has 4 N–H and O–H groups in total. The minimum atomic E-state index is -1.05. The first-order valence-electron chi connectivity index (χ1n) is 17.0. The molecule has 1 aromatic heterocycles. The Morgan fingerprint density at radius 2 is 1.89 bits per heavy atom. The van der Waals surface area contributed by atoms with Gasteiger partial charge < -0.3 is 35.1 Å². The highest BCUT2D eigenvalue weighted by Gasteiger charge is 2.68. The Balaban J connectivity index is 1.07. The van der Waals surface area contributed by atoms with E-state index in [1.165, 1.54) is 13.2 Å². The number of hydrogen-bond acceptors (Lipinski definition) is 8. The summed E-state index contributed by atoms with van der Waals surface area (Å²) in [4.78, 5) is 29.9. The monoisotopic (exact) mass is 632 g/mol. The number of hydrogen-bond donors (Lipinski definition) is 4. The van der Waals surface area contributed by atoms with E-state index >= 15 is 0 Å². The molecule has 0 spiro atoms. The van der Waals surface area contributed by atoms with Gasteiger partial charge in [0.15, 0.2) is 0 Å². The van der Waals surface area contributed by atoms with Gasteiger partial charge in [-0.1, -0.05) is 32.0 Å². The molecular weight excluding hydrogens is 583 g/mol. The lowest BCUT2D eigenvalue weighted by Crippen LogP contribution is -2.65. The zero-order valence-electron chi connectivity index (χ0n) is 27.6. The molecule has 46 heavy (non-hydrogen) atoms. The second kappa shape index (κ2) is 13.5. The van der Waals surface area contributed by atoms with Gasteiger partial charge in [0.2, 0.25) is 5.91 Å². The number of amides is 1. The highest BCUT2D eigenvalue weighted by Crippen LogP contribution is 2.65. The Bertz CT molecular complexity index is 1390. The number of carbonyl (C=O) groups excluding carboxylic acids is 1. The number of carbonyl (C=O) groups is 2. The van der Waals surface area contributed by atoms with Crippen LogP contribution in [0.15, 0.2) is 42.6 Å². The molecule has 4 aliphatic carbocycles. The van der Waals surface area contributed by atoms with E-state index in [9.17, 15) is 14.7 Å². The van der Waals surface area contributed by atoms with Crippen molar-refractivity contribution in [1.29, 1.82) is 0 Å². The van der Waals surface area contributed by atoms with Crippen LogP contribution in [0.1, 0.15) is 81.6 Å². The number of carboxylic acids is 1. The van der Waals surface area contributed by atoms with Crippen molar-refractivity contribution in [2.24, 2.45) is 23.2 Å². The molecule has 11 heteroatoms. The molecule has 4 saturated carbocycles. The number of pyridine rings is 1. The lowest BCUT2D eigenvalue weighted by atomic mass is 9.43. The molecule has 2 heterocycles. The van der Waals surface area contributed by atoms with Gasteiger partial charge in [0.05, 0.1) is 24.8 Å². The van der Waals surface area contributed by atoms with Crippen molar-refractivity contribution in [1.82, 2.24) is 15.6 Å². The number of nitrogens with zero attached hydrogens (tertiary/aromatic N) is 1. The summed E-state index contributed by atoms with van der Waals surface area (Å²) in [7, 11) is 0.848. The molecule has 5 atom stereocenters. The number of para-hydroxylation sites is 1. The van der Waals surface area contributed by atoms with Crippen LogP contribution in [-0.4, -0.2) is 73.0 Å². The molecule has 2 bridgehead atoms. The van der Waals surface area contributed by atoms with Crippen molar-refractivity contribution in [2.75, 3.05) is 25.5 Å². The van der Waals surface area contributed by atoms with Gasteiger partial charge in [0.25, 0.3) is 0 Å². The standard InChI is InChI=1S/C35H49BN4O6/c1-34(2)24-20-27(34)35(3)28(21-24)45-36(46-35)29(19-23-8-7-9-26(33(42)43)32(23)44-4)40-31(41)18-22-11-13-25(14-12-22)37-16-17-39-30-10-5-6-15-38-30/h5-10,15,22,24-25,27-29,37H,11-14,16-21H2,1-4H3,(H,38,39)(H,40,41)(H,42,43)/t22-,24?,25-,27?,28?,29-,35?/m0/s1. The first-order valence-corrected chi connectivity index (χ1v) is 17.0. The van der Waals surface area contributed by atoms with E-state index in [1.807, 2.05) is 24.3 Å². The van der Waals surface area contributed by atoms with Crippen LogP contribution in [0.5, 0.6) is 5.75 Å². The predicted molar refractivity (Wildman–Crippen MR) is 177 cm³/mol. The van der Waals surface area contributed by atoms with Crippen LogP contribution in [0.3, 0.4) is 0 Å². The van der Waals surface area contributed by atoms with Crippen LogP contribution < -0.4 is 20.7 Å². The Labute approximate surface area is 272 Å². The van der Waals surface area contributed by atoms with Crippen LogP contribution in [0.25, 0.3) is 0 Å². The number of methoxy groups -OCH3 is 1. The lowest BCUT2D eigenvalue weighted by molar-refractivity contribution is -0.199. The van der Waals surface area contributed by atoms with E-state index < -0.39 is 24.6 Å². The number of aromatic carboxylic acids is 1. The minimum absolute atomic E-state index is 0.0221. The van der Waals surface area contributed by atoms with Crippen LogP contribution in [0, 0.1) is 23.2 Å². The van der Waals surface area contributed by atoms with Gasteiger partial charge in [0.1, 0.15) is 17.1 Å². The average Bonchev–Trinajstić information content (AvgIpc) is 3.41. The third-order valence-electron chi connectivity index (χ3n) is 11.5. The summed E-state index contributed by atoms with van der Waals surface area (Å²) in [5.74, 6) is 0.942. The second-order valence-electron chi connectivity index (χ2n) is 14.5.